The Bertz CT molecular complexity index is 818. The first-order valence-corrected chi connectivity index (χ1v) is 10.0. The fourth-order valence-corrected chi connectivity index (χ4v) is 3.14. The number of rotatable bonds is 9. The number of unbranched alkanes of at least 4 members (excludes halogenated alkanes) is 2. The highest BCUT2D eigenvalue weighted by atomic mass is 32.1. The van der Waals surface area contributed by atoms with Crippen molar-refractivity contribution in [1.82, 2.24) is 5.32 Å². The third-order valence-electron chi connectivity index (χ3n) is 3.74. The number of thiophene rings is 1. The Kier molecular flexibility index (Phi) is 8.48. The largest absolute Gasteiger partial charge is 0.494 e. The number of hydrogen-bond donors (Lipinski definition) is 2. The van der Waals surface area contributed by atoms with E-state index in [1.165, 1.54) is 17.4 Å². The van der Waals surface area contributed by atoms with Gasteiger partial charge in [-0.15, -0.1) is 11.3 Å². The number of hydrogen-bond acceptors (Lipinski definition) is 6. The Morgan fingerprint density at radius 1 is 1.07 bits per heavy atom. The number of ether oxygens (including phenoxy) is 2. The van der Waals surface area contributed by atoms with Crippen molar-refractivity contribution >= 4 is 34.2 Å². The molecule has 0 aliphatic carbocycles. The van der Waals surface area contributed by atoms with Gasteiger partial charge < -0.3 is 14.8 Å². The van der Waals surface area contributed by atoms with Crippen LogP contribution in [-0.2, 0) is 4.74 Å². The lowest BCUT2D eigenvalue weighted by molar-refractivity contribution is 0.0926. The van der Waals surface area contributed by atoms with Crippen molar-refractivity contribution in [3.63, 3.8) is 0 Å². The summed E-state index contributed by atoms with van der Waals surface area (Å²) in [5, 5.41) is 6.83. The second-order valence-electron chi connectivity index (χ2n) is 5.88. The molecule has 8 heteroatoms. The molecule has 0 bridgehead atoms. The van der Waals surface area contributed by atoms with Gasteiger partial charge in [0.15, 0.2) is 0 Å². The van der Waals surface area contributed by atoms with Crippen LogP contribution < -0.4 is 15.4 Å². The van der Waals surface area contributed by atoms with Crippen LogP contribution in [0.3, 0.4) is 0 Å². The zero-order chi connectivity index (χ0) is 20.4. The number of anilines is 1. The van der Waals surface area contributed by atoms with Gasteiger partial charge in [0, 0.05) is 5.56 Å². The van der Waals surface area contributed by atoms with Gasteiger partial charge in [0.2, 0.25) is 0 Å². The van der Waals surface area contributed by atoms with E-state index in [9.17, 15) is 14.4 Å². The smallest absolute Gasteiger partial charge is 0.414 e. The van der Waals surface area contributed by atoms with Gasteiger partial charge in [-0.2, -0.15) is 0 Å². The Hall–Kier alpha value is -2.87. The molecule has 0 fully saturated rings. The van der Waals surface area contributed by atoms with Crippen molar-refractivity contribution in [1.29, 1.82) is 0 Å². The van der Waals surface area contributed by atoms with E-state index in [2.05, 4.69) is 17.6 Å². The molecule has 1 aromatic carbocycles. The van der Waals surface area contributed by atoms with Crippen LogP contribution in [0.5, 0.6) is 5.75 Å². The molecule has 28 heavy (non-hydrogen) atoms. The topological polar surface area (TPSA) is 93.7 Å². The number of nitrogens with one attached hydrogen (secondary N) is 2. The summed E-state index contributed by atoms with van der Waals surface area (Å²) >= 11 is 1.19. The first kappa shape index (κ1) is 21.4. The third kappa shape index (κ3) is 6.38. The molecule has 1 aromatic heterocycles. The second kappa shape index (κ2) is 11.1. The molecular weight excluding hydrogens is 380 g/mol. The first-order chi connectivity index (χ1) is 13.5. The predicted octanol–water partition coefficient (Wildman–Crippen LogP) is 4.46. The Morgan fingerprint density at radius 2 is 1.89 bits per heavy atom. The van der Waals surface area contributed by atoms with Gasteiger partial charge in [0.05, 0.1) is 18.8 Å². The summed E-state index contributed by atoms with van der Waals surface area (Å²) in [4.78, 5) is 36.2. The highest BCUT2D eigenvalue weighted by Crippen LogP contribution is 2.24. The van der Waals surface area contributed by atoms with E-state index in [0.29, 0.717) is 22.9 Å². The lowest BCUT2D eigenvalue weighted by Crippen LogP contribution is -2.31. The average molecular weight is 404 g/mol. The molecular formula is C20H24N2O5S. The molecule has 0 unspecified atom stereocenters. The SMILES string of the molecule is CCCCCOc1cccc(C(=O)Nc2sccc2C(=O)NC(=O)OCC)c1. The normalized spacial score (nSPS) is 10.2. The summed E-state index contributed by atoms with van der Waals surface area (Å²) < 4.78 is 10.4. The molecule has 2 N–H and O–H groups in total. The van der Waals surface area contributed by atoms with E-state index in [-0.39, 0.29) is 18.1 Å². The van der Waals surface area contributed by atoms with E-state index in [4.69, 9.17) is 9.47 Å². The lowest BCUT2D eigenvalue weighted by atomic mass is 10.2. The number of amides is 3. The van der Waals surface area contributed by atoms with Crippen LogP contribution in [0.25, 0.3) is 0 Å². The first-order valence-electron chi connectivity index (χ1n) is 9.15. The summed E-state index contributed by atoms with van der Waals surface area (Å²) in [6.07, 6.45) is 2.33. The van der Waals surface area contributed by atoms with Gasteiger partial charge in [-0.05, 0) is 43.0 Å². The molecule has 2 rings (SSSR count). The maximum atomic E-state index is 12.6. The fraction of sp³-hybridized carbons (Fsp3) is 0.350. The molecule has 0 aliphatic heterocycles. The molecule has 0 saturated heterocycles. The van der Waals surface area contributed by atoms with Gasteiger partial charge in [-0.3, -0.25) is 14.9 Å². The van der Waals surface area contributed by atoms with Crippen molar-refractivity contribution < 1.29 is 23.9 Å². The van der Waals surface area contributed by atoms with E-state index < -0.39 is 12.0 Å². The minimum Gasteiger partial charge on any atom is -0.494 e. The van der Waals surface area contributed by atoms with E-state index >= 15 is 0 Å². The molecule has 0 atom stereocenters. The van der Waals surface area contributed by atoms with Crippen molar-refractivity contribution in [3.8, 4) is 5.75 Å². The molecule has 3 amide bonds. The summed E-state index contributed by atoms with van der Waals surface area (Å²) in [6.45, 7) is 4.52. The minimum absolute atomic E-state index is 0.156. The number of carbonyl (C=O) groups excluding carboxylic acids is 3. The highest BCUT2D eigenvalue weighted by molar-refractivity contribution is 7.14. The lowest BCUT2D eigenvalue weighted by Gasteiger charge is -2.09. The molecule has 0 aliphatic rings. The number of alkyl carbamates (subject to hydrolysis) is 1. The van der Waals surface area contributed by atoms with Gasteiger partial charge in [-0.1, -0.05) is 25.8 Å². The maximum Gasteiger partial charge on any atom is 0.414 e. The highest BCUT2D eigenvalue weighted by Gasteiger charge is 2.18. The quantitative estimate of drug-likeness (QED) is 0.602. The van der Waals surface area contributed by atoms with Crippen LogP contribution in [0.15, 0.2) is 35.7 Å². The van der Waals surface area contributed by atoms with Crippen LogP contribution in [0.1, 0.15) is 53.8 Å². The van der Waals surface area contributed by atoms with Crippen LogP contribution in [0.2, 0.25) is 0 Å². The Morgan fingerprint density at radius 3 is 2.64 bits per heavy atom. The standard InChI is InChI=1S/C20H24N2O5S/c1-3-5-6-11-27-15-9-7-8-14(13-15)17(23)21-19-16(10-12-28-19)18(24)22-20(25)26-4-2/h7-10,12-13H,3-6,11H2,1-2H3,(H,21,23)(H,22,24,25). The Balaban J connectivity index is 2.01. The predicted molar refractivity (Wildman–Crippen MR) is 108 cm³/mol. The van der Waals surface area contributed by atoms with Gasteiger partial charge in [0.1, 0.15) is 10.8 Å². The number of benzene rings is 1. The van der Waals surface area contributed by atoms with E-state index in [1.807, 2.05) is 0 Å². The van der Waals surface area contributed by atoms with Crippen LogP contribution >= 0.6 is 11.3 Å². The number of imide groups is 1. The van der Waals surface area contributed by atoms with Gasteiger partial charge in [0.25, 0.3) is 11.8 Å². The summed E-state index contributed by atoms with van der Waals surface area (Å²) in [6, 6.07) is 8.40. The summed E-state index contributed by atoms with van der Waals surface area (Å²) in [5.74, 6) is -0.384. The van der Waals surface area contributed by atoms with Crippen LogP contribution in [-0.4, -0.2) is 31.1 Å². The van der Waals surface area contributed by atoms with Crippen molar-refractivity contribution in [2.75, 3.05) is 18.5 Å². The second-order valence-corrected chi connectivity index (χ2v) is 6.79. The zero-order valence-electron chi connectivity index (χ0n) is 15.9. The van der Waals surface area contributed by atoms with Crippen molar-refractivity contribution in [2.24, 2.45) is 0 Å². The fourth-order valence-electron chi connectivity index (χ4n) is 2.36. The van der Waals surface area contributed by atoms with Crippen molar-refractivity contribution in [2.45, 2.75) is 33.1 Å². The zero-order valence-corrected chi connectivity index (χ0v) is 16.8. The summed E-state index contributed by atoms with van der Waals surface area (Å²) in [5.41, 5.74) is 0.608. The Labute approximate surface area is 168 Å². The van der Waals surface area contributed by atoms with Gasteiger partial charge >= 0.3 is 6.09 Å². The van der Waals surface area contributed by atoms with E-state index in [0.717, 1.165) is 19.3 Å². The monoisotopic (exact) mass is 404 g/mol. The average Bonchev–Trinajstić information content (AvgIpc) is 3.14. The molecule has 7 nitrogen and oxygen atoms in total. The van der Waals surface area contributed by atoms with E-state index in [1.54, 1.807) is 36.6 Å². The number of carbonyl (C=O) groups is 3. The van der Waals surface area contributed by atoms with Crippen LogP contribution in [0.4, 0.5) is 9.80 Å². The molecule has 150 valence electrons. The minimum atomic E-state index is -0.830. The van der Waals surface area contributed by atoms with Crippen molar-refractivity contribution in [3.05, 3.63) is 46.8 Å². The molecule has 0 saturated carbocycles. The van der Waals surface area contributed by atoms with Gasteiger partial charge in [-0.25, -0.2) is 4.79 Å². The molecule has 1 heterocycles. The maximum absolute atomic E-state index is 12.6. The molecule has 2 aromatic rings. The summed E-state index contributed by atoms with van der Waals surface area (Å²) in [7, 11) is 0. The molecule has 0 spiro atoms. The molecule has 0 radical (unpaired) electrons. The third-order valence-corrected chi connectivity index (χ3v) is 4.57. The van der Waals surface area contributed by atoms with Crippen LogP contribution in [0, 0.1) is 0 Å².